The summed E-state index contributed by atoms with van der Waals surface area (Å²) in [6.07, 6.45) is 2.23. The van der Waals surface area contributed by atoms with Crippen molar-refractivity contribution >= 4 is 13.3 Å². The van der Waals surface area contributed by atoms with Gasteiger partial charge in [-0.25, -0.2) is 0 Å². The Morgan fingerprint density at radius 1 is 1.40 bits per heavy atom. The quantitative estimate of drug-likeness (QED) is 0.367. The number of rotatable bonds is 8. The summed E-state index contributed by atoms with van der Waals surface area (Å²) in [5.41, 5.74) is 0. The molecular formula is C10H19O4P. The molecule has 5 heteroatoms. The molecule has 0 N–H and O–H groups in total. The number of carbonyl (C=O) groups excluding carboxylic acids is 1. The standard InChI is InChI=1S/C10H19O4P/c1-4-8-15(12,14-6-3)9-7-10(11)13-5-2/h4H,1,5-9H2,2-3H3. The van der Waals surface area contributed by atoms with Crippen LogP contribution in [0.2, 0.25) is 0 Å². The Morgan fingerprint density at radius 3 is 2.53 bits per heavy atom. The van der Waals surface area contributed by atoms with Crippen LogP contribution in [0.3, 0.4) is 0 Å². The van der Waals surface area contributed by atoms with Crippen molar-refractivity contribution in [2.45, 2.75) is 20.3 Å². The molecule has 88 valence electrons. The van der Waals surface area contributed by atoms with Crippen LogP contribution in [0.25, 0.3) is 0 Å². The first-order chi connectivity index (χ1) is 7.08. The number of carbonyl (C=O) groups is 1. The van der Waals surface area contributed by atoms with Crippen molar-refractivity contribution < 1.29 is 18.6 Å². The normalized spacial score (nSPS) is 14.3. The van der Waals surface area contributed by atoms with E-state index in [-0.39, 0.29) is 18.6 Å². The van der Waals surface area contributed by atoms with Crippen LogP contribution in [-0.4, -0.2) is 31.5 Å². The van der Waals surface area contributed by atoms with Crippen molar-refractivity contribution in [3.8, 4) is 0 Å². The molecule has 0 aromatic heterocycles. The van der Waals surface area contributed by atoms with Gasteiger partial charge in [0.2, 0.25) is 7.37 Å². The molecule has 1 atom stereocenters. The Morgan fingerprint density at radius 2 is 2.07 bits per heavy atom. The van der Waals surface area contributed by atoms with Crippen LogP contribution in [-0.2, 0) is 18.6 Å². The molecule has 0 bridgehead atoms. The highest BCUT2D eigenvalue weighted by atomic mass is 31.2. The lowest BCUT2D eigenvalue weighted by molar-refractivity contribution is -0.142. The van der Waals surface area contributed by atoms with Gasteiger partial charge < -0.3 is 9.26 Å². The van der Waals surface area contributed by atoms with Crippen LogP contribution in [0.5, 0.6) is 0 Å². The topological polar surface area (TPSA) is 52.6 Å². The minimum absolute atomic E-state index is 0.138. The van der Waals surface area contributed by atoms with Crippen LogP contribution in [0, 0.1) is 0 Å². The second-order valence-corrected chi connectivity index (χ2v) is 5.68. The van der Waals surface area contributed by atoms with Crippen LogP contribution < -0.4 is 0 Å². The average molecular weight is 234 g/mol. The zero-order valence-corrected chi connectivity index (χ0v) is 10.3. The van der Waals surface area contributed by atoms with Crippen molar-refractivity contribution in [2.24, 2.45) is 0 Å². The smallest absolute Gasteiger partial charge is 0.306 e. The summed E-state index contributed by atoms with van der Waals surface area (Å²) < 4.78 is 21.9. The van der Waals surface area contributed by atoms with Gasteiger partial charge in [-0.1, -0.05) is 6.08 Å². The first-order valence-electron chi connectivity index (χ1n) is 5.07. The van der Waals surface area contributed by atoms with Gasteiger partial charge in [0.05, 0.1) is 19.6 Å². The van der Waals surface area contributed by atoms with Crippen LogP contribution in [0.4, 0.5) is 0 Å². The zero-order valence-electron chi connectivity index (χ0n) is 9.40. The number of hydrogen-bond donors (Lipinski definition) is 0. The predicted octanol–water partition coefficient (Wildman–Crippen LogP) is 2.44. The summed E-state index contributed by atoms with van der Waals surface area (Å²) in [6.45, 7) is 7.77. The van der Waals surface area contributed by atoms with E-state index in [4.69, 9.17) is 9.26 Å². The maximum absolute atomic E-state index is 12.0. The van der Waals surface area contributed by atoms with Gasteiger partial charge in [0.1, 0.15) is 0 Å². The second-order valence-electron chi connectivity index (χ2n) is 2.98. The molecule has 0 saturated heterocycles. The van der Waals surface area contributed by atoms with Gasteiger partial charge in [-0.05, 0) is 13.8 Å². The van der Waals surface area contributed by atoms with E-state index in [9.17, 15) is 9.36 Å². The van der Waals surface area contributed by atoms with Crippen LogP contribution in [0.1, 0.15) is 20.3 Å². The first kappa shape index (κ1) is 14.4. The molecule has 0 heterocycles. The summed E-state index contributed by atoms with van der Waals surface area (Å²) in [4.78, 5) is 11.1. The molecule has 0 saturated carbocycles. The van der Waals surface area contributed by atoms with Crippen molar-refractivity contribution in [3.63, 3.8) is 0 Å². The van der Waals surface area contributed by atoms with Gasteiger partial charge in [-0.2, -0.15) is 0 Å². The molecule has 0 spiro atoms. The van der Waals surface area contributed by atoms with E-state index in [0.29, 0.717) is 19.4 Å². The van der Waals surface area contributed by atoms with E-state index in [1.807, 2.05) is 0 Å². The molecule has 0 radical (unpaired) electrons. The van der Waals surface area contributed by atoms with E-state index in [2.05, 4.69) is 6.58 Å². The molecule has 4 nitrogen and oxygen atoms in total. The fourth-order valence-electron chi connectivity index (χ4n) is 1.14. The largest absolute Gasteiger partial charge is 0.466 e. The van der Waals surface area contributed by atoms with E-state index in [1.165, 1.54) is 0 Å². The molecule has 0 aromatic carbocycles. The highest BCUT2D eigenvalue weighted by Gasteiger charge is 2.22. The van der Waals surface area contributed by atoms with E-state index in [1.54, 1.807) is 19.9 Å². The Bertz CT molecular complexity index is 250. The molecule has 0 rings (SSSR count). The Hall–Kier alpha value is -0.600. The molecule has 0 aliphatic rings. The molecule has 15 heavy (non-hydrogen) atoms. The lowest BCUT2D eigenvalue weighted by Crippen LogP contribution is -2.08. The fourth-order valence-corrected chi connectivity index (χ4v) is 2.94. The number of esters is 1. The molecular weight excluding hydrogens is 215 g/mol. The van der Waals surface area contributed by atoms with Crippen molar-refractivity contribution in [2.75, 3.05) is 25.5 Å². The van der Waals surface area contributed by atoms with Gasteiger partial charge in [0.15, 0.2) is 0 Å². The van der Waals surface area contributed by atoms with Crippen LogP contribution in [0.15, 0.2) is 12.7 Å². The zero-order chi connectivity index (χ0) is 11.7. The molecule has 0 aliphatic carbocycles. The Labute approximate surface area is 91.1 Å². The molecule has 0 aliphatic heterocycles. The lowest BCUT2D eigenvalue weighted by atomic mass is 10.5. The van der Waals surface area contributed by atoms with Gasteiger partial charge in [0.25, 0.3) is 0 Å². The van der Waals surface area contributed by atoms with Crippen molar-refractivity contribution in [1.29, 1.82) is 0 Å². The maximum Gasteiger partial charge on any atom is 0.306 e. The maximum atomic E-state index is 12.0. The summed E-state index contributed by atoms with van der Waals surface area (Å²) in [5, 5.41) is 0. The fraction of sp³-hybridized carbons (Fsp3) is 0.700. The van der Waals surface area contributed by atoms with Gasteiger partial charge in [-0.15, -0.1) is 6.58 Å². The minimum atomic E-state index is -2.72. The number of allylic oxidation sites excluding steroid dienone is 1. The van der Waals surface area contributed by atoms with Gasteiger partial charge in [0, 0.05) is 12.3 Å². The highest BCUT2D eigenvalue weighted by Crippen LogP contribution is 2.47. The third-order valence-corrected chi connectivity index (χ3v) is 4.18. The molecule has 0 aromatic rings. The SMILES string of the molecule is C=CCP(=O)(CCC(=O)OCC)OCC. The average Bonchev–Trinajstić information content (AvgIpc) is 2.16. The monoisotopic (exact) mass is 234 g/mol. The predicted molar refractivity (Wildman–Crippen MR) is 60.4 cm³/mol. The van der Waals surface area contributed by atoms with Gasteiger partial charge in [-0.3, -0.25) is 9.36 Å². The van der Waals surface area contributed by atoms with E-state index < -0.39 is 7.37 Å². The summed E-state index contributed by atoms with van der Waals surface area (Å²) in [5.74, 6) is -0.332. The first-order valence-corrected chi connectivity index (χ1v) is 7.06. The number of hydrogen-bond acceptors (Lipinski definition) is 4. The molecule has 0 amide bonds. The lowest BCUT2D eigenvalue weighted by Gasteiger charge is -2.15. The summed E-state index contributed by atoms with van der Waals surface area (Å²) in [6, 6.07) is 0. The molecule has 1 unspecified atom stereocenters. The highest BCUT2D eigenvalue weighted by molar-refractivity contribution is 7.59. The summed E-state index contributed by atoms with van der Waals surface area (Å²) >= 11 is 0. The Balaban J connectivity index is 4.11. The second kappa shape index (κ2) is 7.66. The third-order valence-electron chi connectivity index (χ3n) is 1.73. The van der Waals surface area contributed by atoms with E-state index in [0.717, 1.165) is 0 Å². The summed E-state index contributed by atoms with van der Waals surface area (Å²) in [7, 11) is -2.72. The van der Waals surface area contributed by atoms with Gasteiger partial charge >= 0.3 is 5.97 Å². The van der Waals surface area contributed by atoms with Crippen molar-refractivity contribution in [1.82, 2.24) is 0 Å². The van der Waals surface area contributed by atoms with Crippen LogP contribution >= 0.6 is 7.37 Å². The van der Waals surface area contributed by atoms with E-state index >= 15 is 0 Å². The van der Waals surface area contributed by atoms with Crippen molar-refractivity contribution in [3.05, 3.63) is 12.7 Å². The minimum Gasteiger partial charge on any atom is -0.466 e. The Kier molecular flexibility index (Phi) is 7.35. The number of ether oxygens (including phenoxy) is 1. The third kappa shape index (κ3) is 6.47. The molecule has 0 fully saturated rings.